The maximum atomic E-state index is 12.1. The lowest BCUT2D eigenvalue weighted by molar-refractivity contribution is 0.0215. The minimum atomic E-state index is -3.99. The highest BCUT2D eigenvalue weighted by Crippen LogP contribution is 2.10. The largest absolute Gasteiger partial charge is 0.448 e. The number of hydrogen-bond donors (Lipinski definition) is 2. The van der Waals surface area contributed by atoms with E-state index in [1.807, 2.05) is 4.72 Å². The highest BCUT2D eigenvalue weighted by molar-refractivity contribution is 7.87. The molecule has 1 amide bonds. The zero-order valence-corrected chi connectivity index (χ0v) is 12.3. The van der Waals surface area contributed by atoms with Crippen LogP contribution >= 0.6 is 0 Å². The number of carbonyl (C=O) groups excluding carboxylic acids is 1. The zero-order valence-electron chi connectivity index (χ0n) is 11.5. The van der Waals surface area contributed by atoms with E-state index in [4.69, 9.17) is 14.3 Å². The molecule has 21 heavy (non-hydrogen) atoms. The van der Waals surface area contributed by atoms with Gasteiger partial charge >= 0.3 is 10.2 Å². The Morgan fingerprint density at radius 1 is 1.57 bits per heavy atom. The van der Waals surface area contributed by atoms with Crippen molar-refractivity contribution in [3.05, 3.63) is 17.8 Å². The first kappa shape index (κ1) is 15.9. The molecule has 0 radical (unpaired) electrons. The maximum absolute atomic E-state index is 12.1. The number of aliphatic hydroxyl groups is 1. The maximum Gasteiger partial charge on any atom is 0.304 e. The van der Waals surface area contributed by atoms with E-state index in [0.29, 0.717) is 6.42 Å². The highest BCUT2D eigenvalue weighted by Gasteiger charge is 2.28. The van der Waals surface area contributed by atoms with Crippen LogP contribution in [0.4, 0.5) is 0 Å². The quantitative estimate of drug-likeness (QED) is 0.733. The summed E-state index contributed by atoms with van der Waals surface area (Å²) < 4.78 is 37.5. The molecule has 0 aromatic carbocycles. The van der Waals surface area contributed by atoms with Gasteiger partial charge in [0.15, 0.2) is 11.6 Å². The van der Waals surface area contributed by atoms with Crippen molar-refractivity contribution >= 4 is 16.1 Å². The molecule has 118 valence electrons. The van der Waals surface area contributed by atoms with Gasteiger partial charge < -0.3 is 14.3 Å². The number of oxazole rings is 1. The molecule has 1 aliphatic rings. The molecule has 1 unspecified atom stereocenters. The number of carbonyl (C=O) groups is 1. The predicted octanol–water partition coefficient (Wildman–Crippen LogP) is -0.959. The number of aromatic nitrogens is 1. The third-order valence-electron chi connectivity index (χ3n) is 3.01. The fourth-order valence-corrected chi connectivity index (χ4v) is 3.02. The molecular weight excluding hydrogens is 302 g/mol. The van der Waals surface area contributed by atoms with E-state index >= 15 is 0 Å². The second-order valence-corrected chi connectivity index (χ2v) is 6.22. The van der Waals surface area contributed by atoms with E-state index in [2.05, 4.69) is 4.98 Å². The smallest absolute Gasteiger partial charge is 0.304 e. The third-order valence-corrected chi connectivity index (χ3v) is 4.50. The van der Waals surface area contributed by atoms with Gasteiger partial charge in [-0.05, 0) is 6.42 Å². The van der Waals surface area contributed by atoms with Crippen LogP contribution in [0.5, 0.6) is 0 Å². The Hall–Kier alpha value is -1.49. The van der Waals surface area contributed by atoms with E-state index in [9.17, 15) is 13.2 Å². The van der Waals surface area contributed by atoms with Crippen LogP contribution in [-0.2, 0) is 14.9 Å². The molecule has 9 nitrogen and oxygen atoms in total. The van der Waals surface area contributed by atoms with Crippen LogP contribution in [0.15, 0.2) is 10.7 Å². The van der Waals surface area contributed by atoms with Gasteiger partial charge in [0.05, 0.1) is 19.3 Å². The number of nitrogens with zero attached hydrogens (tertiary/aromatic N) is 2. The summed E-state index contributed by atoms with van der Waals surface area (Å²) in [5, 5.41) is 9.02. The highest BCUT2D eigenvalue weighted by atomic mass is 32.2. The van der Waals surface area contributed by atoms with Crippen molar-refractivity contribution in [2.45, 2.75) is 19.4 Å². The van der Waals surface area contributed by atoms with Gasteiger partial charge in [0, 0.05) is 20.0 Å². The topological polar surface area (TPSA) is 122 Å². The molecular formula is C11H17N3O6S. The third kappa shape index (κ3) is 4.00. The molecule has 1 aromatic heterocycles. The Labute approximate surface area is 122 Å². The van der Waals surface area contributed by atoms with Gasteiger partial charge in [-0.1, -0.05) is 0 Å². The van der Waals surface area contributed by atoms with Gasteiger partial charge in [0.25, 0.3) is 5.91 Å². The summed E-state index contributed by atoms with van der Waals surface area (Å²) in [6, 6.07) is 0. The van der Waals surface area contributed by atoms with Gasteiger partial charge in [-0.25, -0.2) is 9.71 Å². The molecule has 0 spiro atoms. The number of aliphatic hydroxyl groups excluding tert-OH is 1. The predicted molar refractivity (Wildman–Crippen MR) is 70.6 cm³/mol. The Morgan fingerprint density at radius 2 is 2.33 bits per heavy atom. The van der Waals surface area contributed by atoms with Crippen molar-refractivity contribution in [1.82, 2.24) is 14.0 Å². The summed E-state index contributed by atoms with van der Waals surface area (Å²) in [5.41, 5.74) is -0.101. The molecule has 1 saturated heterocycles. The Balaban J connectivity index is 2.02. The van der Waals surface area contributed by atoms with Crippen LogP contribution in [0.1, 0.15) is 22.8 Å². The lowest BCUT2D eigenvalue weighted by Crippen LogP contribution is -2.44. The average Bonchev–Trinajstić information content (AvgIpc) is 2.73. The summed E-state index contributed by atoms with van der Waals surface area (Å²) in [5.74, 6) is -0.581. The summed E-state index contributed by atoms with van der Waals surface area (Å²) in [4.78, 5) is 15.6. The molecule has 2 rings (SSSR count). The summed E-state index contributed by atoms with van der Waals surface area (Å²) in [6.07, 6.45) is 1.06. The number of hydrogen-bond acceptors (Lipinski definition) is 7. The van der Waals surface area contributed by atoms with E-state index in [0.717, 1.165) is 10.6 Å². The summed E-state index contributed by atoms with van der Waals surface area (Å²) in [7, 11) is -3.99. The first-order valence-corrected chi connectivity index (χ1v) is 7.83. The molecule has 2 heterocycles. The molecule has 0 aliphatic carbocycles. The normalized spacial score (nSPS) is 21.0. The van der Waals surface area contributed by atoms with E-state index in [-0.39, 0.29) is 44.0 Å². The molecule has 1 aliphatic heterocycles. The van der Waals surface area contributed by atoms with Crippen molar-refractivity contribution in [3.8, 4) is 0 Å². The Morgan fingerprint density at radius 3 is 2.95 bits per heavy atom. The lowest BCUT2D eigenvalue weighted by Gasteiger charge is -2.19. The number of rotatable bonds is 4. The molecule has 2 N–H and O–H groups in total. The van der Waals surface area contributed by atoms with Crippen molar-refractivity contribution in [2.24, 2.45) is 0 Å². The van der Waals surface area contributed by atoms with Crippen molar-refractivity contribution < 1.29 is 27.5 Å². The van der Waals surface area contributed by atoms with E-state index in [1.165, 1.54) is 0 Å². The SMILES string of the molecule is Cc1nc(C(=O)NS(=O)(=O)N2CCOC(CO)CC2)co1. The zero-order chi connectivity index (χ0) is 15.5. The van der Waals surface area contributed by atoms with Crippen LogP contribution in [0.2, 0.25) is 0 Å². The van der Waals surface area contributed by atoms with Crippen molar-refractivity contribution in [2.75, 3.05) is 26.3 Å². The first-order chi connectivity index (χ1) is 9.92. The number of nitrogens with one attached hydrogen (secondary N) is 1. The summed E-state index contributed by atoms with van der Waals surface area (Å²) >= 11 is 0. The molecule has 0 saturated carbocycles. The van der Waals surface area contributed by atoms with E-state index in [1.54, 1.807) is 6.92 Å². The molecule has 1 atom stereocenters. The molecule has 0 bridgehead atoms. The standard InChI is InChI=1S/C11H17N3O6S/c1-8-12-10(7-20-8)11(16)13-21(17,18)14-3-2-9(6-15)19-5-4-14/h7,9,15H,2-6H2,1H3,(H,13,16). The van der Waals surface area contributed by atoms with Gasteiger partial charge in [0.2, 0.25) is 0 Å². The fourth-order valence-electron chi connectivity index (χ4n) is 1.89. The Bertz CT molecular complexity index is 599. The summed E-state index contributed by atoms with van der Waals surface area (Å²) in [6.45, 7) is 1.80. The first-order valence-electron chi connectivity index (χ1n) is 6.39. The van der Waals surface area contributed by atoms with Crippen molar-refractivity contribution in [1.29, 1.82) is 0 Å². The van der Waals surface area contributed by atoms with Crippen LogP contribution in [0.3, 0.4) is 0 Å². The van der Waals surface area contributed by atoms with Crippen molar-refractivity contribution in [3.63, 3.8) is 0 Å². The fraction of sp³-hybridized carbons (Fsp3) is 0.636. The average molecular weight is 319 g/mol. The molecule has 10 heteroatoms. The van der Waals surface area contributed by atoms with Crippen LogP contribution in [0.25, 0.3) is 0 Å². The number of aryl methyl sites for hydroxylation is 1. The monoisotopic (exact) mass is 319 g/mol. The second-order valence-electron chi connectivity index (χ2n) is 4.55. The van der Waals surface area contributed by atoms with Gasteiger partial charge in [-0.2, -0.15) is 12.7 Å². The number of amides is 1. The van der Waals surface area contributed by atoms with Crippen LogP contribution in [0, 0.1) is 6.92 Å². The second kappa shape index (κ2) is 6.52. The van der Waals surface area contributed by atoms with Gasteiger partial charge in [0.1, 0.15) is 6.26 Å². The minimum Gasteiger partial charge on any atom is -0.448 e. The number of ether oxygens (including phenoxy) is 1. The van der Waals surface area contributed by atoms with Gasteiger partial charge in [-0.3, -0.25) is 4.79 Å². The molecule has 1 aromatic rings. The minimum absolute atomic E-state index is 0.101. The Kier molecular flexibility index (Phi) is 4.93. The van der Waals surface area contributed by atoms with Crippen LogP contribution in [-0.4, -0.2) is 61.1 Å². The lowest BCUT2D eigenvalue weighted by atomic mass is 10.3. The molecule has 1 fully saturated rings. The van der Waals surface area contributed by atoms with Gasteiger partial charge in [-0.15, -0.1) is 0 Å². The van der Waals surface area contributed by atoms with E-state index < -0.39 is 16.1 Å². The van der Waals surface area contributed by atoms with Crippen LogP contribution < -0.4 is 4.72 Å².